The van der Waals surface area contributed by atoms with Gasteiger partial charge in [-0.3, -0.25) is 0 Å². The van der Waals surface area contributed by atoms with Crippen LogP contribution in [0, 0.1) is 0 Å². The quantitative estimate of drug-likeness (QED) is 0.784. The van der Waals surface area contributed by atoms with Crippen molar-refractivity contribution in [2.75, 3.05) is 6.54 Å². The second kappa shape index (κ2) is 4.01. The first-order chi connectivity index (χ1) is 6.77. The van der Waals surface area contributed by atoms with E-state index in [4.69, 9.17) is 5.73 Å². The van der Waals surface area contributed by atoms with E-state index in [1.54, 1.807) is 11.3 Å². The lowest BCUT2D eigenvalue weighted by Gasteiger charge is -2.37. The molecule has 0 aliphatic heterocycles. The molecule has 3 heteroatoms. The van der Waals surface area contributed by atoms with E-state index >= 15 is 0 Å². The number of hydrogen-bond acceptors (Lipinski definition) is 3. The number of aliphatic hydroxyl groups is 1. The van der Waals surface area contributed by atoms with E-state index in [9.17, 15) is 5.11 Å². The standard InChI is InChI=1S/C11H17NOS/c12-8-11(10-2-1-7-14-10)5-3-9(13)4-6-11/h1-2,7,9,13H,3-6,8,12H2. The number of rotatable bonds is 2. The van der Waals surface area contributed by atoms with E-state index in [1.165, 1.54) is 4.88 Å². The van der Waals surface area contributed by atoms with Gasteiger partial charge in [-0.05, 0) is 37.1 Å². The number of nitrogens with two attached hydrogens (primary N) is 1. The summed E-state index contributed by atoms with van der Waals surface area (Å²) >= 11 is 1.79. The molecular weight excluding hydrogens is 194 g/mol. The Morgan fingerprint density at radius 1 is 1.50 bits per heavy atom. The topological polar surface area (TPSA) is 46.2 Å². The largest absolute Gasteiger partial charge is 0.393 e. The molecule has 0 spiro atoms. The minimum absolute atomic E-state index is 0.102. The molecule has 0 radical (unpaired) electrons. The predicted molar refractivity (Wildman–Crippen MR) is 59.5 cm³/mol. The maximum absolute atomic E-state index is 9.50. The van der Waals surface area contributed by atoms with Crippen molar-refractivity contribution in [1.82, 2.24) is 0 Å². The molecule has 0 aromatic carbocycles. The van der Waals surface area contributed by atoms with Gasteiger partial charge < -0.3 is 10.8 Å². The Labute approximate surface area is 88.8 Å². The smallest absolute Gasteiger partial charge is 0.0541 e. The summed E-state index contributed by atoms with van der Waals surface area (Å²) in [6.45, 7) is 0.709. The van der Waals surface area contributed by atoms with Crippen LogP contribution in [0.15, 0.2) is 17.5 Å². The number of thiophene rings is 1. The van der Waals surface area contributed by atoms with Crippen LogP contribution >= 0.6 is 11.3 Å². The number of hydrogen-bond donors (Lipinski definition) is 2. The molecule has 1 aliphatic carbocycles. The Hall–Kier alpha value is -0.380. The third-order valence-electron chi connectivity index (χ3n) is 3.35. The first kappa shape index (κ1) is 10.1. The van der Waals surface area contributed by atoms with E-state index in [-0.39, 0.29) is 11.5 Å². The highest BCUT2D eigenvalue weighted by Gasteiger charge is 2.35. The van der Waals surface area contributed by atoms with Crippen LogP contribution in [-0.2, 0) is 5.41 Å². The summed E-state index contributed by atoms with van der Waals surface area (Å²) < 4.78 is 0. The Balaban J connectivity index is 2.19. The van der Waals surface area contributed by atoms with Gasteiger partial charge in [0.15, 0.2) is 0 Å². The van der Waals surface area contributed by atoms with Gasteiger partial charge in [0.2, 0.25) is 0 Å². The van der Waals surface area contributed by atoms with E-state index in [0.29, 0.717) is 6.54 Å². The molecule has 1 fully saturated rings. The maximum Gasteiger partial charge on any atom is 0.0541 e. The summed E-state index contributed by atoms with van der Waals surface area (Å²) in [7, 11) is 0. The van der Waals surface area contributed by atoms with Crippen molar-refractivity contribution < 1.29 is 5.11 Å². The third kappa shape index (κ3) is 1.72. The summed E-state index contributed by atoms with van der Waals surface area (Å²) in [4.78, 5) is 1.40. The molecule has 1 aromatic rings. The van der Waals surface area contributed by atoms with Gasteiger partial charge in [-0.25, -0.2) is 0 Å². The molecule has 78 valence electrons. The third-order valence-corrected chi connectivity index (χ3v) is 4.46. The molecule has 1 heterocycles. The van der Waals surface area contributed by atoms with Crippen LogP contribution < -0.4 is 5.73 Å². The van der Waals surface area contributed by atoms with Crippen molar-refractivity contribution in [3.8, 4) is 0 Å². The monoisotopic (exact) mass is 211 g/mol. The Morgan fingerprint density at radius 2 is 2.21 bits per heavy atom. The molecule has 0 amide bonds. The summed E-state index contributed by atoms with van der Waals surface area (Å²) in [5.74, 6) is 0. The molecule has 0 saturated heterocycles. The van der Waals surface area contributed by atoms with E-state index in [2.05, 4.69) is 17.5 Å². The Morgan fingerprint density at radius 3 is 2.71 bits per heavy atom. The zero-order valence-corrected chi connectivity index (χ0v) is 9.09. The fourth-order valence-electron chi connectivity index (χ4n) is 2.29. The zero-order valence-electron chi connectivity index (χ0n) is 8.28. The molecular formula is C11H17NOS. The van der Waals surface area contributed by atoms with E-state index in [1.807, 2.05) is 0 Å². The number of aliphatic hydroxyl groups excluding tert-OH is 1. The van der Waals surface area contributed by atoms with E-state index in [0.717, 1.165) is 25.7 Å². The van der Waals surface area contributed by atoms with Gasteiger partial charge in [0.1, 0.15) is 0 Å². The van der Waals surface area contributed by atoms with Crippen LogP contribution in [0.3, 0.4) is 0 Å². The molecule has 3 N–H and O–H groups in total. The SMILES string of the molecule is NCC1(c2cccs2)CCC(O)CC1. The van der Waals surface area contributed by atoms with Crippen LogP contribution in [0.2, 0.25) is 0 Å². The van der Waals surface area contributed by atoms with Gasteiger partial charge >= 0.3 is 0 Å². The van der Waals surface area contributed by atoms with Gasteiger partial charge in [-0.15, -0.1) is 11.3 Å². The summed E-state index contributed by atoms with van der Waals surface area (Å²) in [5, 5.41) is 11.6. The van der Waals surface area contributed by atoms with Crippen molar-refractivity contribution in [1.29, 1.82) is 0 Å². The van der Waals surface area contributed by atoms with E-state index < -0.39 is 0 Å². The molecule has 1 aromatic heterocycles. The van der Waals surface area contributed by atoms with Crippen LogP contribution in [-0.4, -0.2) is 17.8 Å². The molecule has 2 rings (SSSR count). The normalized spacial score (nSPS) is 33.1. The molecule has 14 heavy (non-hydrogen) atoms. The lowest BCUT2D eigenvalue weighted by molar-refractivity contribution is 0.0985. The average Bonchev–Trinajstić information content (AvgIpc) is 2.73. The van der Waals surface area contributed by atoms with Crippen molar-refractivity contribution in [3.63, 3.8) is 0 Å². The first-order valence-corrected chi connectivity index (χ1v) is 6.07. The Kier molecular flexibility index (Phi) is 2.91. The lowest BCUT2D eigenvalue weighted by Crippen LogP contribution is -2.39. The van der Waals surface area contributed by atoms with Gasteiger partial charge in [-0.1, -0.05) is 6.07 Å². The minimum Gasteiger partial charge on any atom is -0.393 e. The molecule has 1 saturated carbocycles. The summed E-state index contributed by atoms with van der Waals surface area (Å²) in [5.41, 5.74) is 6.06. The van der Waals surface area contributed by atoms with Crippen molar-refractivity contribution in [2.45, 2.75) is 37.2 Å². The first-order valence-electron chi connectivity index (χ1n) is 5.19. The van der Waals surface area contributed by atoms with Crippen molar-refractivity contribution in [3.05, 3.63) is 22.4 Å². The van der Waals surface area contributed by atoms with Crippen LogP contribution in [0.4, 0.5) is 0 Å². The molecule has 0 unspecified atom stereocenters. The van der Waals surface area contributed by atoms with Crippen LogP contribution in [0.1, 0.15) is 30.6 Å². The summed E-state index contributed by atoms with van der Waals surface area (Å²) in [6.07, 6.45) is 3.76. The molecule has 2 nitrogen and oxygen atoms in total. The molecule has 0 bridgehead atoms. The fourth-order valence-corrected chi connectivity index (χ4v) is 3.28. The second-order valence-corrected chi connectivity index (χ2v) is 5.14. The average molecular weight is 211 g/mol. The van der Waals surface area contributed by atoms with Crippen molar-refractivity contribution in [2.24, 2.45) is 5.73 Å². The maximum atomic E-state index is 9.50. The zero-order chi connectivity index (χ0) is 10.0. The van der Waals surface area contributed by atoms with Crippen LogP contribution in [0.5, 0.6) is 0 Å². The highest BCUT2D eigenvalue weighted by Crippen LogP contribution is 2.40. The second-order valence-electron chi connectivity index (χ2n) is 4.19. The van der Waals surface area contributed by atoms with Crippen LogP contribution in [0.25, 0.3) is 0 Å². The van der Waals surface area contributed by atoms with Gasteiger partial charge in [0, 0.05) is 16.8 Å². The summed E-state index contributed by atoms with van der Waals surface area (Å²) in [6, 6.07) is 4.26. The highest BCUT2D eigenvalue weighted by atomic mass is 32.1. The van der Waals surface area contributed by atoms with Gasteiger partial charge in [0.05, 0.1) is 6.10 Å². The Bertz CT molecular complexity index is 275. The predicted octanol–water partition coefficient (Wildman–Crippen LogP) is 1.88. The van der Waals surface area contributed by atoms with Gasteiger partial charge in [0.25, 0.3) is 0 Å². The van der Waals surface area contributed by atoms with Gasteiger partial charge in [-0.2, -0.15) is 0 Å². The molecule has 0 atom stereocenters. The molecule has 1 aliphatic rings. The van der Waals surface area contributed by atoms with Crippen molar-refractivity contribution >= 4 is 11.3 Å². The minimum atomic E-state index is -0.102. The highest BCUT2D eigenvalue weighted by molar-refractivity contribution is 7.10. The fraction of sp³-hybridized carbons (Fsp3) is 0.636. The lowest BCUT2D eigenvalue weighted by atomic mass is 9.72.